The Kier molecular flexibility index (Phi) is 10.6. The zero-order valence-corrected chi connectivity index (χ0v) is 25.1. The van der Waals surface area contributed by atoms with Crippen molar-refractivity contribution in [2.45, 2.75) is 38.6 Å². The number of aliphatic hydroxyl groups excluding tert-OH is 1. The minimum absolute atomic E-state index is 0.0564. The number of hydrogen-bond donors (Lipinski definition) is 4. The van der Waals surface area contributed by atoms with E-state index in [1.165, 1.54) is 24.1 Å². The second-order valence-corrected chi connectivity index (χ2v) is 11.0. The van der Waals surface area contributed by atoms with Gasteiger partial charge in [0.15, 0.2) is 0 Å². The molecule has 4 N–H and O–H groups in total. The highest BCUT2D eigenvalue weighted by molar-refractivity contribution is 6.00. The first-order valence-electron chi connectivity index (χ1n) is 14.4. The SMILES string of the molecule is C[C@@H]1CN([C@@H](C)CO)C(=O)Cc2cc(NC(=O)Nc3ccccc3)ccc2O[C@@H]1CN(C)C(=O)Nc1ccc(C(F)(F)F)cc1. The number of amides is 5. The Hall–Kier alpha value is -4.78. The molecule has 0 aromatic heterocycles. The summed E-state index contributed by atoms with van der Waals surface area (Å²) in [5.41, 5.74) is 0.902. The third-order valence-electron chi connectivity index (χ3n) is 7.47. The van der Waals surface area contributed by atoms with Crippen molar-refractivity contribution in [3.05, 3.63) is 83.9 Å². The normalized spacial score (nSPS) is 17.5. The molecule has 0 saturated heterocycles. The fourth-order valence-electron chi connectivity index (χ4n) is 4.85. The third-order valence-corrected chi connectivity index (χ3v) is 7.47. The summed E-state index contributed by atoms with van der Waals surface area (Å²) in [5.74, 6) is -0.151. The number of urea groups is 2. The number of benzene rings is 3. The lowest BCUT2D eigenvalue weighted by atomic mass is 10.0. The number of alkyl halides is 3. The summed E-state index contributed by atoms with van der Waals surface area (Å²) in [4.78, 5) is 41.9. The highest BCUT2D eigenvalue weighted by Crippen LogP contribution is 2.31. The predicted octanol–water partition coefficient (Wildman–Crippen LogP) is 5.66. The highest BCUT2D eigenvalue weighted by atomic mass is 19.4. The van der Waals surface area contributed by atoms with E-state index in [0.29, 0.717) is 22.7 Å². The van der Waals surface area contributed by atoms with E-state index in [4.69, 9.17) is 4.74 Å². The first-order chi connectivity index (χ1) is 21.3. The maximum absolute atomic E-state index is 13.4. The maximum Gasteiger partial charge on any atom is 0.416 e. The molecule has 1 heterocycles. The molecule has 3 aromatic rings. The summed E-state index contributed by atoms with van der Waals surface area (Å²) in [7, 11) is 1.53. The van der Waals surface area contributed by atoms with Gasteiger partial charge in [-0.25, -0.2) is 9.59 Å². The average Bonchev–Trinajstić information content (AvgIpc) is 3.04. The van der Waals surface area contributed by atoms with E-state index in [1.807, 2.05) is 13.0 Å². The average molecular weight is 628 g/mol. The Bertz CT molecular complexity index is 1490. The van der Waals surface area contributed by atoms with Crippen molar-refractivity contribution < 1.29 is 37.4 Å². The first kappa shape index (κ1) is 33.1. The lowest BCUT2D eigenvalue weighted by Crippen LogP contribution is -2.48. The van der Waals surface area contributed by atoms with Gasteiger partial charge in [0, 0.05) is 42.1 Å². The fourth-order valence-corrected chi connectivity index (χ4v) is 4.85. The van der Waals surface area contributed by atoms with Crippen molar-refractivity contribution >= 4 is 35.0 Å². The van der Waals surface area contributed by atoms with Crippen LogP contribution >= 0.6 is 0 Å². The van der Waals surface area contributed by atoms with Gasteiger partial charge < -0.3 is 35.6 Å². The minimum Gasteiger partial charge on any atom is -0.488 e. The van der Waals surface area contributed by atoms with Gasteiger partial charge >= 0.3 is 18.2 Å². The zero-order valence-electron chi connectivity index (χ0n) is 25.1. The Balaban J connectivity index is 1.53. The molecule has 1 aliphatic heterocycles. The molecule has 240 valence electrons. The predicted molar refractivity (Wildman–Crippen MR) is 164 cm³/mol. The number of fused-ring (bicyclic) bond motifs is 1. The number of halogens is 3. The van der Waals surface area contributed by atoms with Crippen molar-refractivity contribution in [1.82, 2.24) is 9.80 Å². The molecule has 0 bridgehead atoms. The molecular formula is C32H36F3N5O5. The summed E-state index contributed by atoms with van der Waals surface area (Å²) in [5, 5.41) is 18.0. The molecule has 0 radical (unpaired) electrons. The number of nitrogens with zero attached hydrogens (tertiary/aromatic N) is 2. The van der Waals surface area contributed by atoms with Crippen LogP contribution in [0.25, 0.3) is 0 Å². The minimum atomic E-state index is -4.49. The molecule has 0 fully saturated rings. The fraction of sp³-hybridized carbons (Fsp3) is 0.344. The molecule has 0 spiro atoms. The van der Waals surface area contributed by atoms with Gasteiger partial charge in [-0.05, 0) is 61.5 Å². The molecule has 3 atom stereocenters. The van der Waals surface area contributed by atoms with Gasteiger partial charge in [-0.15, -0.1) is 0 Å². The van der Waals surface area contributed by atoms with E-state index in [2.05, 4.69) is 16.0 Å². The van der Waals surface area contributed by atoms with Crippen molar-refractivity contribution in [2.24, 2.45) is 5.92 Å². The summed E-state index contributed by atoms with van der Waals surface area (Å²) in [6, 6.07) is 16.4. The molecule has 0 saturated carbocycles. The number of hydrogen-bond acceptors (Lipinski definition) is 5. The Labute approximate surface area is 259 Å². The van der Waals surface area contributed by atoms with Gasteiger partial charge in [0.25, 0.3) is 0 Å². The van der Waals surface area contributed by atoms with Crippen molar-refractivity contribution in [1.29, 1.82) is 0 Å². The molecule has 45 heavy (non-hydrogen) atoms. The number of carbonyl (C=O) groups excluding carboxylic acids is 3. The van der Waals surface area contributed by atoms with Crippen LogP contribution in [-0.2, 0) is 17.4 Å². The van der Waals surface area contributed by atoms with Gasteiger partial charge in [0.2, 0.25) is 5.91 Å². The standard InChI is InChI=1S/C32H36F3N5O5/c1-20-17-40(21(2)19-41)29(42)16-22-15-26(37-30(43)36-24-7-5-4-6-8-24)13-14-27(22)45-28(20)18-39(3)31(44)38-25-11-9-23(10-12-25)32(33,34)35/h4-15,20-21,28,41H,16-19H2,1-3H3,(H,38,44)(H2,36,37,43)/t20-,21+,28-/m1/s1. The number of aliphatic hydroxyl groups is 1. The largest absolute Gasteiger partial charge is 0.488 e. The van der Waals surface area contributed by atoms with Crippen LogP contribution < -0.4 is 20.7 Å². The lowest BCUT2D eigenvalue weighted by Gasteiger charge is -2.34. The van der Waals surface area contributed by atoms with E-state index in [9.17, 15) is 32.7 Å². The summed E-state index contributed by atoms with van der Waals surface area (Å²) < 4.78 is 45.2. The van der Waals surface area contributed by atoms with Gasteiger partial charge in [-0.3, -0.25) is 4.79 Å². The summed E-state index contributed by atoms with van der Waals surface area (Å²) in [6.07, 6.45) is -5.17. The first-order valence-corrected chi connectivity index (χ1v) is 14.4. The van der Waals surface area contributed by atoms with Gasteiger partial charge in [-0.1, -0.05) is 25.1 Å². The van der Waals surface area contributed by atoms with Gasteiger partial charge in [0.1, 0.15) is 11.9 Å². The van der Waals surface area contributed by atoms with E-state index in [-0.39, 0.29) is 43.6 Å². The number of anilines is 3. The van der Waals surface area contributed by atoms with E-state index in [1.54, 1.807) is 54.3 Å². The van der Waals surface area contributed by atoms with Crippen LogP contribution in [0.3, 0.4) is 0 Å². The van der Waals surface area contributed by atoms with Crippen LogP contribution in [0.4, 0.5) is 39.8 Å². The van der Waals surface area contributed by atoms with Crippen LogP contribution in [0, 0.1) is 5.92 Å². The molecule has 10 nitrogen and oxygen atoms in total. The second kappa shape index (κ2) is 14.3. The molecule has 4 rings (SSSR count). The van der Waals surface area contributed by atoms with Crippen LogP contribution in [0.2, 0.25) is 0 Å². The number of rotatable bonds is 7. The van der Waals surface area contributed by atoms with Gasteiger partial charge in [0.05, 0.1) is 31.2 Å². The third kappa shape index (κ3) is 8.88. The van der Waals surface area contributed by atoms with Crippen LogP contribution in [0.5, 0.6) is 5.75 Å². The van der Waals surface area contributed by atoms with E-state index >= 15 is 0 Å². The van der Waals surface area contributed by atoms with Gasteiger partial charge in [-0.2, -0.15) is 13.2 Å². The van der Waals surface area contributed by atoms with Crippen molar-refractivity contribution in [3.63, 3.8) is 0 Å². The maximum atomic E-state index is 13.4. The van der Waals surface area contributed by atoms with Crippen molar-refractivity contribution in [2.75, 3.05) is 42.7 Å². The summed E-state index contributed by atoms with van der Waals surface area (Å²) >= 11 is 0. The molecule has 3 aromatic carbocycles. The van der Waals surface area contributed by atoms with E-state index in [0.717, 1.165) is 12.1 Å². The Morgan fingerprint density at radius 1 is 1.00 bits per heavy atom. The molecule has 5 amide bonds. The number of likely N-dealkylation sites (N-methyl/N-ethyl adjacent to an activating group) is 1. The van der Waals surface area contributed by atoms with Crippen LogP contribution in [0.1, 0.15) is 25.0 Å². The molecule has 0 aliphatic carbocycles. The number of nitrogens with one attached hydrogen (secondary N) is 3. The molecule has 0 unspecified atom stereocenters. The topological polar surface area (TPSA) is 123 Å². The molecular weight excluding hydrogens is 591 g/mol. The second-order valence-electron chi connectivity index (χ2n) is 11.0. The van der Waals surface area contributed by atoms with Crippen molar-refractivity contribution in [3.8, 4) is 5.75 Å². The van der Waals surface area contributed by atoms with Crippen LogP contribution in [0.15, 0.2) is 72.8 Å². The van der Waals surface area contributed by atoms with Crippen LogP contribution in [-0.4, -0.2) is 71.8 Å². The monoisotopic (exact) mass is 627 g/mol. The zero-order chi connectivity index (χ0) is 32.7. The molecule has 1 aliphatic rings. The lowest BCUT2D eigenvalue weighted by molar-refractivity contribution is -0.137. The Morgan fingerprint density at radius 3 is 2.27 bits per heavy atom. The quantitative estimate of drug-likeness (QED) is 0.269. The Morgan fingerprint density at radius 2 is 1.62 bits per heavy atom. The number of para-hydroxylation sites is 1. The highest BCUT2D eigenvalue weighted by Gasteiger charge is 2.32. The summed E-state index contributed by atoms with van der Waals surface area (Å²) in [6.45, 7) is 3.65. The number of carbonyl (C=O) groups is 3. The molecule has 13 heteroatoms. The smallest absolute Gasteiger partial charge is 0.416 e. The number of ether oxygens (including phenoxy) is 1. The van der Waals surface area contributed by atoms with E-state index < -0.39 is 35.9 Å².